The van der Waals surface area contributed by atoms with Crippen LogP contribution in [0, 0.1) is 0 Å². The van der Waals surface area contributed by atoms with Crippen molar-refractivity contribution < 1.29 is 0 Å². The third-order valence-electron chi connectivity index (χ3n) is 13.7. The van der Waals surface area contributed by atoms with E-state index in [0.717, 1.165) is 0 Å². The Labute approximate surface area is 381 Å². The van der Waals surface area contributed by atoms with Gasteiger partial charge in [0.2, 0.25) is 0 Å². The van der Waals surface area contributed by atoms with E-state index in [0.29, 0.717) is 0 Å². The van der Waals surface area contributed by atoms with Crippen LogP contribution in [0.4, 0.5) is 28.4 Å². The number of nitrogens with zero attached hydrogens (tertiary/aromatic N) is 2. The molecule has 0 radical (unpaired) electrons. The molecule has 0 N–H and O–H groups in total. The number of hydrogen-bond acceptors (Lipinski definition) is 3. The first kappa shape index (κ1) is 38.8. The predicted molar refractivity (Wildman–Crippen MR) is 279 cm³/mol. The molecule has 308 valence electrons. The molecule has 0 atom stereocenters. The average Bonchev–Trinajstić information content (AvgIpc) is 3.70. The van der Waals surface area contributed by atoms with Gasteiger partial charge in [0.15, 0.2) is 0 Å². The Morgan fingerprint density at radius 2 is 1.09 bits per heavy atom. The van der Waals surface area contributed by atoms with Crippen molar-refractivity contribution in [2.75, 3.05) is 9.71 Å². The molecule has 0 aliphatic carbocycles. The van der Waals surface area contributed by atoms with E-state index < -0.39 is 0 Å². The maximum Gasteiger partial charge on any atom is 0.333 e. The number of benzene rings is 9. The third kappa shape index (κ3) is 6.00. The van der Waals surface area contributed by atoms with E-state index in [-0.39, 0.29) is 17.7 Å². The van der Waals surface area contributed by atoms with Crippen LogP contribution in [-0.2, 0) is 10.8 Å². The van der Waals surface area contributed by atoms with Gasteiger partial charge in [-0.05, 0) is 114 Å². The highest BCUT2D eigenvalue weighted by molar-refractivity contribution is 7.26. The van der Waals surface area contributed by atoms with Gasteiger partial charge in [-0.3, -0.25) is 0 Å². The minimum atomic E-state index is -0.111. The summed E-state index contributed by atoms with van der Waals surface area (Å²) >= 11 is 1.92. The van der Waals surface area contributed by atoms with Crippen LogP contribution in [0.1, 0.15) is 52.7 Å². The minimum absolute atomic E-state index is 0.0307. The molecule has 0 amide bonds. The highest BCUT2D eigenvalue weighted by Crippen LogP contribution is 2.54. The summed E-state index contributed by atoms with van der Waals surface area (Å²) in [5, 5.41) is 5.11. The summed E-state index contributed by atoms with van der Waals surface area (Å²) < 4.78 is 2.62. The van der Waals surface area contributed by atoms with Gasteiger partial charge in [0.05, 0.1) is 16.1 Å². The van der Waals surface area contributed by atoms with E-state index >= 15 is 0 Å². The normalized spacial score (nSPS) is 13.4. The van der Waals surface area contributed by atoms with E-state index in [1.54, 1.807) is 0 Å². The van der Waals surface area contributed by atoms with Crippen molar-refractivity contribution in [3.05, 3.63) is 199 Å². The van der Waals surface area contributed by atoms with Crippen LogP contribution in [0.3, 0.4) is 0 Å². The Kier molecular flexibility index (Phi) is 8.68. The van der Waals surface area contributed by atoms with Gasteiger partial charge >= 0.3 is 6.85 Å². The first-order valence-corrected chi connectivity index (χ1v) is 23.4. The summed E-state index contributed by atoms with van der Waals surface area (Å²) in [4.78, 5) is 5.32. The lowest BCUT2D eigenvalue weighted by Crippen LogP contribution is -2.61. The maximum atomic E-state index is 2.66. The molecule has 2 nitrogen and oxygen atoms in total. The molecule has 0 spiro atoms. The second kappa shape index (κ2) is 14.3. The lowest BCUT2D eigenvalue weighted by molar-refractivity contribution is 0.590. The molecule has 0 saturated carbocycles. The molecule has 1 aromatic heterocycles. The van der Waals surface area contributed by atoms with Crippen molar-refractivity contribution in [2.24, 2.45) is 0 Å². The van der Waals surface area contributed by atoms with Crippen molar-refractivity contribution in [1.82, 2.24) is 0 Å². The number of rotatable bonds is 4. The van der Waals surface area contributed by atoms with E-state index in [2.05, 4.69) is 239 Å². The molecule has 0 saturated heterocycles. The zero-order chi connectivity index (χ0) is 43.5. The summed E-state index contributed by atoms with van der Waals surface area (Å²) in [6.45, 7) is 13.8. The summed E-state index contributed by atoms with van der Waals surface area (Å²) in [7, 11) is 0. The zero-order valence-electron chi connectivity index (χ0n) is 37.3. The van der Waals surface area contributed by atoms with Crippen molar-refractivity contribution in [1.29, 1.82) is 0 Å². The van der Waals surface area contributed by atoms with E-state index in [1.165, 1.54) is 115 Å². The van der Waals surface area contributed by atoms with Crippen molar-refractivity contribution in [2.45, 2.75) is 52.4 Å². The first-order chi connectivity index (χ1) is 31.0. The van der Waals surface area contributed by atoms with E-state index in [9.17, 15) is 0 Å². The fraction of sp³-hybridized carbons (Fsp3) is 0.133. The molecule has 4 heteroatoms. The predicted octanol–water partition coefficient (Wildman–Crippen LogP) is 15.8. The molecule has 9 aromatic carbocycles. The maximum absolute atomic E-state index is 2.66. The average molecular weight is 841 g/mol. The second-order valence-electron chi connectivity index (χ2n) is 19.7. The van der Waals surface area contributed by atoms with Crippen molar-refractivity contribution >= 4 is 88.5 Å². The van der Waals surface area contributed by atoms with Crippen LogP contribution in [-0.4, -0.2) is 6.85 Å². The number of thiophene rings is 1. The number of anilines is 5. The summed E-state index contributed by atoms with van der Waals surface area (Å²) in [6, 6.07) is 71.1. The molecular formula is C60H49BN2S. The highest BCUT2D eigenvalue weighted by atomic mass is 32.1. The Bertz CT molecular complexity index is 3460. The molecule has 64 heavy (non-hydrogen) atoms. The van der Waals surface area contributed by atoms with Gasteiger partial charge in [0.25, 0.3) is 0 Å². The van der Waals surface area contributed by atoms with Crippen LogP contribution in [0.2, 0.25) is 0 Å². The Morgan fingerprint density at radius 3 is 1.83 bits per heavy atom. The minimum Gasteiger partial charge on any atom is -0.376 e. The molecule has 10 aromatic rings. The molecule has 3 heterocycles. The van der Waals surface area contributed by atoms with Gasteiger partial charge in [-0.1, -0.05) is 181 Å². The molecule has 0 bridgehead atoms. The van der Waals surface area contributed by atoms with Crippen LogP contribution < -0.4 is 20.6 Å². The smallest absolute Gasteiger partial charge is 0.333 e. The Hall–Kier alpha value is -6.88. The molecule has 12 rings (SSSR count). The number of fused-ring (bicyclic) bond motifs is 10. The van der Waals surface area contributed by atoms with Crippen LogP contribution in [0.25, 0.3) is 64.3 Å². The van der Waals surface area contributed by atoms with E-state index in [4.69, 9.17) is 0 Å². The molecular weight excluding hydrogens is 792 g/mol. The third-order valence-corrected chi connectivity index (χ3v) is 14.9. The lowest BCUT2D eigenvalue weighted by Gasteiger charge is -2.46. The zero-order valence-corrected chi connectivity index (χ0v) is 38.1. The first-order valence-electron chi connectivity index (χ1n) is 22.6. The van der Waals surface area contributed by atoms with Crippen LogP contribution >= 0.6 is 11.3 Å². The topological polar surface area (TPSA) is 6.48 Å². The van der Waals surface area contributed by atoms with Gasteiger partial charge in [0, 0.05) is 43.7 Å². The SMILES string of the molecule is CC(C)(C)c1ccc(N2B3c4ccc5c(sc6ccccc65)c4N(c4ccc(C(C)(C)C)cc4-c4ccccc4)c4cc5ccccc5c(c43)-c3cc(-c4ccccc4)ccc32)cc1. The monoisotopic (exact) mass is 840 g/mol. The summed E-state index contributed by atoms with van der Waals surface area (Å²) in [5.74, 6) is 0. The van der Waals surface area contributed by atoms with E-state index in [1.807, 2.05) is 11.3 Å². The lowest BCUT2D eigenvalue weighted by atomic mass is 9.43. The van der Waals surface area contributed by atoms with Gasteiger partial charge in [-0.2, -0.15) is 0 Å². The summed E-state index contributed by atoms with van der Waals surface area (Å²) in [5.41, 5.74) is 18.8. The van der Waals surface area contributed by atoms with Gasteiger partial charge < -0.3 is 9.71 Å². The highest BCUT2D eigenvalue weighted by Gasteiger charge is 2.47. The largest absolute Gasteiger partial charge is 0.376 e. The van der Waals surface area contributed by atoms with Gasteiger partial charge in [0.1, 0.15) is 0 Å². The van der Waals surface area contributed by atoms with Crippen molar-refractivity contribution in [3.8, 4) is 33.4 Å². The fourth-order valence-electron chi connectivity index (χ4n) is 10.5. The molecule has 0 unspecified atom stereocenters. The quantitative estimate of drug-likeness (QED) is 0.163. The summed E-state index contributed by atoms with van der Waals surface area (Å²) in [6.07, 6.45) is 0. The molecule has 0 fully saturated rings. The van der Waals surface area contributed by atoms with Gasteiger partial charge in [-0.15, -0.1) is 11.3 Å². The Balaban J connectivity index is 1.25. The molecule has 2 aliphatic heterocycles. The number of hydrogen-bond donors (Lipinski definition) is 0. The molecule has 2 aliphatic rings. The van der Waals surface area contributed by atoms with Crippen molar-refractivity contribution in [3.63, 3.8) is 0 Å². The van der Waals surface area contributed by atoms with Crippen LogP contribution in [0.15, 0.2) is 188 Å². The fourth-order valence-corrected chi connectivity index (χ4v) is 11.7. The van der Waals surface area contributed by atoms with Gasteiger partial charge in [-0.25, -0.2) is 0 Å². The Morgan fingerprint density at radius 1 is 0.453 bits per heavy atom. The second-order valence-corrected chi connectivity index (χ2v) is 20.8. The standard InChI is InChI=1S/C60H49BN2S/c1-59(2,3)42-26-29-44(30-27-42)63-52-33-25-40(38-17-9-7-10-18-38)35-49(52)55-45-22-14-13-21-41(45)36-53-56(55)61(63)50-32-31-47-46-23-15-16-24-54(46)64-58(47)57(50)62(53)51-34-28-43(60(4,5)6)37-48(51)39-19-11-8-12-20-39/h7-37H,1-6H3. The van der Waals surface area contributed by atoms with Crippen LogP contribution in [0.5, 0.6) is 0 Å².